The van der Waals surface area contributed by atoms with Gasteiger partial charge in [-0.25, -0.2) is 23.8 Å². The Balaban J connectivity index is 1.18. The number of carbonyl (C=O) groups is 4. The Hall–Kier alpha value is -5.31. The Morgan fingerprint density at radius 3 is 2.28 bits per heavy atom. The van der Waals surface area contributed by atoms with Gasteiger partial charge in [0.15, 0.2) is 5.82 Å². The SMILES string of the molecule is CCCCOP(=O)(OCCCC)Oc1ccc(CC(=O)OCOC(=O)N(CCC)C(=O)c2cn3ncnc(Nc4cc(C(=O)NC5CC5)ccc4C)c3c2C)cc1. The Morgan fingerprint density at radius 2 is 1.63 bits per heavy atom. The van der Waals surface area contributed by atoms with Gasteiger partial charge in [0.1, 0.15) is 17.6 Å². The monoisotopic (exact) mass is 806 g/mol. The highest BCUT2D eigenvalue weighted by molar-refractivity contribution is 7.48. The third-order valence-corrected chi connectivity index (χ3v) is 10.5. The third kappa shape index (κ3) is 11.9. The Labute approximate surface area is 332 Å². The average Bonchev–Trinajstić information content (AvgIpc) is 3.94. The number of amides is 3. The number of nitrogens with zero attached hydrogens (tertiary/aromatic N) is 4. The zero-order chi connectivity index (χ0) is 41.0. The number of benzene rings is 2. The Morgan fingerprint density at radius 1 is 0.930 bits per heavy atom. The molecule has 0 radical (unpaired) electrons. The summed E-state index contributed by atoms with van der Waals surface area (Å²) in [5.41, 5.74) is 3.81. The van der Waals surface area contributed by atoms with Gasteiger partial charge in [-0.15, -0.1) is 0 Å². The molecule has 1 fully saturated rings. The van der Waals surface area contributed by atoms with Gasteiger partial charge in [0.05, 0.1) is 25.2 Å². The number of hydrogen-bond acceptors (Lipinski definition) is 13. The van der Waals surface area contributed by atoms with Gasteiger partial charge in [-0.1, -0.05) is 51.8 Å². The largest absolute Gasteiger partial charge is 0.530 e. The van der Waals surface area contributed by atoms with Gasteiger partial charge in [-0.2, -0.15) is 5.10 Å². The van der Waals surface area contributed by atoms with E-state index >= 15 is 0 Å². The molecule has 16 nitrogen and oxygen atoms in total. The fourth-order valence-electron chi connectivity index (χ4n) is 5.60. The summed E-state index contributed by atoms with van der Waals surface area (Å²) in [6, 6.07) is 11.9. The van der Waals surface area contributed by atoms with E-state index in [0.29, 0.717) is 53.0 Å². The van der Waals surface area contributed by atoms with E-state index in [1.54, 1.807) is 50.2 Å². The number of nitrogens with one attached hydrogen (secondary N) is 2. The molecule has 306 valence electrons. The minimum Gasteiger partial charge on any atom is -0.428 e. The van der Waals surface area contributed by atoms with Crippen LogP contribution < -0.4 is 15.2 Å². The zero-order valence-electron chi connectivity index (χ0n) is 33.1. The number of ether oxygens (including phenoxy) is 2. The van der Waals surface area contributed by atoms with E-state index in [-0.39, 0.29) is 49.4 Å². The molecule has 2 N–H and O–H groups in total. The number of esters is 1. The molecule has 1 aliphatic rings. The van der Waals surface area contributed by atoms with Crippen LogP contribution in [0.2, 0.25) is 0 Å². The third-order valence-electron chi connectivity index (χ3n) is 9.02. The summed E-state index contributed by atoms with van der Waals surface area (Å²) in [7, 11) is -3.83. The number of aromatic nitrogens is 3. The van der Waals surface area contributed by atoms with Crippen LogP contribution >= 0.6 is 7.82 Å². The normalized spacial score (nSPS) is 12.6. The molecule has 3 amide bonds. The van der Waals surface area contributed by atoms with Crippen molar-refractivity contribution in [3.05, 3.63) is 82.8 Å². The molecule has 1 aliphatic carbocycles. The van der Waals surface area contributed by atoms with Crippen LogP contribution in [0.4, 0.5) is 16.3 Å². The maximum absolute atomic E-state index is 13.8. The number of aryl methyl sites for hydroxylation is 2. The van der Waals surface area contributed by atoms with E-state index in [1.165, 1.54) is 17.0 Å². The molecule has 17 heteroatoms. The summed E-state index contributed by atoms with van der Waals surface area (Å²) in [6.45, 7) is 9.20. The molecule has 2 aromatic heterocycles. The van der Waals surface area contributed by atoms with Crippen LogP contribution in [0.3, 0.4) is 0 Å². The van der Waals surface area contributed by atoms with Crippen LogP contribution in [-0.4, -0.2) is 76.0 Å². The number of rotatable bonds is 21. The van der Waals surface area contributed by atoms with Crippen LogP contribution in [0.1, 0.15) is 103 Å². The molecule has 0 aliphatic heterocycles. The smallest absolute Gasteiger partial charge is 0.428 e. The molecule has 5 rings (SSSR count). The summed E-state index contributed by atoms with van der Waals surface area (Å²) in [5.74, 6) is -0.815. The molecule has 2 heterocycles. The molecular weight excluding hydrogens is 755 g/mol. The lowest BCUT2D eigenvalue weighted by Crippen LogP contribution is -2.38. The standard InChI is InChI=1S/C40H51N6O10P/c1-6-9-20-54-57(51,55-21-10-7-2)56-32-17-12-29(13-18-32)22-35(47)52-26-53-40(50)45(19-8-3)39(49)33-24-46-36(28(33)5)37(41-25-42-46)44-34-23-30(14-11-27(34)4)38(48)43-31-15-16-31/h11-14,17-18,23-25,31H,6-10,15-16,19-22,26H2,1-5H3,(H,43,48)(H,41,42,44). The second-order valence-electron chi connectivity index (χ2n) is 13.7. The lowest BCUT2D eigenvalue weighted by atomic mass is 10.1. The first-order chi connectivity index (χ1) is 27.4. The molecular formula is C40H51N6O10P. The minimum atomic E-state index is -3.83. The van der Waals surface area contributed by atoms with Crippen molar-refractivity contribution in [2.45, 2.75) is 92.0 Å². The lowest BCUT2D eigenvalue weighted by Gasteiger charge is -2.19. The molecule has 4 aromatic rings. The highest BCUT2D eigenvalue weighted by atomic mass is 31.2. The van der Waals surface area contributed by atoms with Gasteiger partial charge in [0.25, 0.3) is 11.8 Å². The predicted molar refractivity (Wildman–Crippen MR) is 212 cm³/mol. The average molecular weight is 807 g/mol. The number of fused-ring (bicyclic) bond motifs is 1. The van der Waals surface area contributed by atoms with Crippen molar-refractivity contribution in [1.82, 2.24) is 24.8 Å². The van der Waals surface area contributed by atoms with Crippen LogP contribution in [0.5, 0.6) is 5.75 Å². The van der Waals surface area contributed by atoms with E-state index in [9.17, 15) is 23.7 Å². The van der Waals surface area contributed by atoms with Crippen molar-refractivity contribution in [3.8, 4) is 5.75 Å². The number of unbranched alkanes of at least 4 members (excludes halogenated alkanes) is 2. The number of phosphoric ester groups is 1. The maximum atomic E-state index is 13.8. The second kappa shape index (κ2) is 20.2. The van der Waals surface area contributed by atoms with Gasteiger partial charge in [0, 0.05) is 30.0 Å². The van der Waals surface area contributed by atoms with E-state index < -0.39 is 32.6 Å². The number of anilines is 2. The summed E-state index contributed by atoms with van der Waals surface area (Å²) < 4.78 is 41.6. The van der Waals surface area contributed by atoms with Crippen LogP contribution in [0.15, 0.2) is 55.0 Å². The molecule has 1 saturated carbocycles. The predicted octanol–water partition coefficient (Wildman–Crippen LogP) is 7.83. The van der Waals surface area contributed by atoms with E-state index in [4.69, 9.17) is 23.0 Å². The summed E-state index contributed by atoms with van der Waals surface area (Å²) >= 11 is 0. The van der Waals surface area contributed by atoms with E-state index in [2.05, 4.69) is 20.7 Å². The number of carbonyl (C=O) groups excluding carboxylic acids is 4. The van der Waals surface area contributed by atoms with Crippen LogP contribution in [0.25, 0.3) is 5.52 Å². The first-order valence-electron chi connectivity index (χ1n) is 19.3. The van der Waals surface area contributed by atoms with Crippen molar-refractivity contribution < 1.29 is 46.8 Å². The van der Waals surface area contributed by atoms with Gasteiger partial charge >= 0.3 is 19.9 Å². The van der Waals surface area contributed by atoms with Gasteiger partial charge in [0.2, 0.25) is 6.79 Å². The Bertz CT molecular complexity index is 2070. The van der Waals surface area contributed by atoms with Crippen LogP contribution in [0, 0.1) is 13.8 Å². The first-order valence-corrected chi connectivity index (χ1v) is 20.7. The quantitative estimate of drug-likeness (QED) is 0.0359. The number of imide groups is 1. The maximum Gasteiger partial charge on any atom is 0.530 e. The second-order valence-corrected chi connectivity index (χ2v) is 15.3. The fraction of sp³-hybridized carbons (Fsp3) is 0.450. The van der Waals surface area contributed by atoms with Crippen molar-refractivity contribution in [1.29, 1.82) is 0 Å². The number of phosphoric acid groups is 1. The zero-order valence-corrected chi connectivity index (χ0v) is 34.0. The summed E-state index contributed by atoms with van der Waals surface area (Å²) in [4.78, 5) is 57.7. The van der Waals surface area contributed by atoms with Crippen molar-refractivity contribution >= 4 is 48.7 Å². The molecule has 0 bridgehead atoms. The van der Waals surface area contributed by atoms with Crippen molar-refractivity contribution in [2.75, 3.05) is 31.9 Å². The summed E-state index contributed by atoms with van der Waals surface area (Å²) in [5, 5.41) is 10.6. The first kappa shape index (κ1) is 42.8. The number of hydrogen-bond donors (Lipinski definition) is 2. The van der Waals surface area contributed by atoms with E-state index in [0.717, 1.165) is 36.1 Å². The van der Waals surface area contributed by atoms with Crippen LogP contribution in [-0.2, 0) is 34.3 Å². The summed E-state index contributed by atoms with van der Waals surface area (Å²) in [6.07, 6.45) is 7.21. The highest BCUT2D eigenvalue weighted by Crippen LogP contribution is 2.49. The fourth-order valence-corrected chi connectivity index (χ4v) is 6.87. The van der Waals surface area contributed by atoms with Gasteiger partial charge < -0.3 is 24.6 Å². The minimum absolute atomic E-state index is 0.0393. The lowest BCUT2D eigenvalue weighted by molar-refractivity contribution is -0.151. The van der Waals surface area contributed by atoms with Gasteiger partial charge in [-0.05, 0) is 86.9 Å². The highest BCUT2D eigenvalue weighted by Gasteiger charge is 2.30. The molecule has 0 spiro atoms. The molecule has 0 unspecified atom stereocenters. The van der Waals surface area contributed by atoms with Crippen molar-refractivity contribution in [2.24, 2.45) is 0 Å². The Kier molecular flexibility index (Phi) is 15.2. The topological polar surface area (TPSA) is 189 Å². The van der Waals surface area contributed by atoms with Gasteiger partial charge in [-0.3, -0.25) is 23.4 Å². The molecule has 0 atom stereocenters. The molecule has 2 aromatic carbocycles. The van der Waals surface area contributed by atoms with Crippen molar-refractivity contribution in [3.63, 3.8) is 0 Å². The van der Waals surface area contributed by atoms with E-state index in [1.807, 2.05) is 26.8 Å². The molecule has 0 saturated heterocycles. The molecule has 57 heavy (non-hydrogen) atoms.